The summed E-state index contributed by atoms with van der Waals surface area (Å²) in [6, 6.07) is 11.2. The first-order valence-electron chi connectivity index (χ1n) is 7.13. The van der Waals surface area contributed by atoms with Crippen LogP contribution in [-0.2, 0) is 4.79 Å². The molecule has 1 amide bonds. The first-order valence-corrected chi connectivity index (χ1v) is 7.13. The number of rotatable bonds is 7. The van der Waals surface area contributed by atoms with Gasteiger partial charge in [0.25, 0.3) is 0 Å². The Morgan fingerprint density at radius 1 is 1.13 bits per heavy atom. The monoisotopic (exact) mass is 318 g/mol. The van der Waals surface area contributed by atoms with Gasteiger partial charge in [-0.05, 0) is 30.3 Å². The summed E-state index contributed by atoms with van der Waals surface area (Å²) in [4.78, 5) is 11.9. The highest BCUT2D eigenvalue weighted by Gasteiger charge is 2.07. The Morgan fingerprint density at radius 2 is 1.96 bits per heavy atom. The molecule has 0 fully saturated rings. The minimum absolute atomic E-state index is 0.204. The number of nitrogens with one attached hydrogen (secondary N) is 2. The Balaban J connectivity index is 1.88. The highest BCUT2D eigenvalue weighted by Crippen LogP contribution is 2.28. The first kappa shape index (κ1) is 16.6. The molecule has 2 rings (SSSR count). The second-order valence-corrected chi connectivity index (χ2v) is 4.80. The predicted molar refractivity (Wildman–Crippen MR) is 87.7 cm³/mol. The van der Waals surface area contributed by atoms with E-state index in [4.69, 9.17) is 9.47 Å². The van der Waals surface area contributed by atoms with Crippen LogP contribution in [0.1, 0.15) is 6.42 Å². The maximum atomic E-state index is 13.1. The third kappa shape index (κ3) is 4.88. The van der Waals surface area contributed by atoms with E-state index in [1.807, 2.05) is 0 Å². The molecule has 0 atom stereocenters. The van der Waals surface area contributed by atoms with E-state index < -0.39 is 0 Å². The van der Waals surface area contributed by atoms with Crippen molar-refractivity contribution in [2.75, 3.05) is 31.4 Å². The molecule has 5 nitrogen and oxygen atoms in total. The van der Waals surface area contributed by atoms with Crippen molar-refractivity contribution >= 4 is 17.3 Å². The van der Waals surface area contributed by atoms with Crippen molar-refractivity contribution in [3.8, 4) is 11.5 Å². The Hall–Kier alpha value is -2.76. The van der Waals surface area contributed by atoms with Crippen molar-refractivity contribution in [1.29, 1.82) is 0 Å². The summed E-state index contributed by atoms with van der Waals surface area (Å²) in [5.41, 5.74) is 1.18. The van der Waals surface area contributed by atoms with E-state index in [1.54, 1.807) is 44.6 Å². The molecule has 0 saturated carbocycles. The van der Waals surface area contributed by atoms with Crippen molar-refractivity contribution in [2.45, 2.75) is 6.42 Å². The van der Waals surface area contributed by atoms with Gasteiger partial charge in [-0.25, -0.2) is 4.39 Å². The third-order valence-corrected chi connectivity index (χ3v) is 3.18. The molecule has 0 unspecified atom stereocenters. The molecule has 0 aliphatic heterocycles. The van der Waals surface area contributed by atoms with E-state index >= 15 is 0 Å². The summed E-state index contributed by atoms with van der Waals surface area (Å²) in [6.07, 6.45) is 0.233. The van der Waals surface area contributed by atoms with Gasteiger partial charge in [0.1, 0.15) is 17.3 Å². The third-order valence-electron chi connectivity index (χ3n) is 3.18. The molecule has 2 aromatic rings. The Kier molecular flexibility index (Phi) is 5.80. The number of hydrogen-bond acceptors (Lipinski definition) is 4. The molecule has 0 heterocycles. The fourth-order valence-electron chi connectivity index (χ4n) is 2.05. The number of carbonyl (C=O) groups excluding carboxylic acids is 1. The highest BCUT2D eigenvalue weighted by molar-refractivity contribution is 5.91. The van der Waals surface area contributed by atoms with E-state index in [9.17, 15) is 9.18 Å². The van der Waals surface area contributed by atoms with Crippen LogP contribution >= 0.6 is 0 Å². The van der Waals surface area contributed by atoms with Gasteiger partial charge in [-0.1, -0.05) is 6.07 Å². The Labute approximate surface area is 134 Å². The van der Waals surface area contributed by atoms with Crippen LogP contribution in [0.2, 0.25) is 0 Å². The minimum atomic E-state index is -0.387. The van der Waals surface area contributed by atoms with Gasteiger partial charge in [-0.15, -0.1) is 0 Å². The second-order valence-electron chi connectivity index (χ2n) is 4.80. The van der Waals surface area contributed by atoms with Crippen LogP contribution in [0.15, 0.2) is 42.5 Å². The van der Waals surface area contributed by atoms with Crippen molar-refractivity contribution in [1.82, 2.24) is 0 Å². The van der Waals surface area contributed by atoms with E-state index in [-0.39, 0.29) is 18.1 Å². The maximum absolute atomic E-state index is 13.1. The van der Waals surface area contributed by atoms with Crippen LogP contribution in [0.5, 0.6) is 11.5 Å². The normalized spacial score (nSPS) is 10.0. The van der Waals surface area contributed by atoms with Gasteiger partial charge in [0.05, 0.1) is 19.9 Å². The molecule has 6 heteroatoms. The SMILES string of the molecule is COc1ccc(OC)c(NCCC(=O)Nc2cccc(F)c2)c1. The average molecular weight is 318 g/mol. The Bertz CT molecular complexity index is 677. The van der Waals surface area contributed by atoms with E-state index in [0.717, 1.165) is 5.69 Å². The molecule has 0 aromatic heterocycles. The van der Waals surface area contributed by atoms with Crippen LogP contribution in [0.4, 0.5) is 15.8 Å². The van der Waals surface area contributed by atoms with Crippen LogP contribution in [0.25, 0.3) is 0 Å². The number of halogens is 1. The van der Waals surface area contributed by atoms with Gasteiger partial charge >= 0.3 is 0 Å². The van der Waals surface area contributed by atoms with Gasteiger partial charge in [0.15, 0.2) is 0 Å². The quantitative estimate of drug-likeness (QED) is 0.822. The number of benzene rings is 2. The molecule has 122 valence electrons. The van der Waals surface area contributed by atoms with Gasteiger partial charge in [0.2, 0.25) is 5.91 Å². The molecule has 0 bridgehead atoms. The van der Waals surface area contributed by atoms with Gasteiger partial charge < -0.3 is 20.1 Å². The molecule has 0 saturated heterocycles. The fourth-order valence-corrected chi connectivity index (χ4v) is 2.05. The summed E-state index contributed by atoms with van der Waals surface area (Å²) in [6.45, 7) is 0.407. The first-order chi connectivity index (χ1) is 11.1. The van der Waals surface area contributed by atoms with Gasteiger partial charge in [-0.3, -0.25) is 4.79 Å². The van der Waals surface area contributed by atoms with Gasteiger partial charge in [-0.2, -0.15) is 0 Å². The van der Waals surface area contributed by atoms with Crippen LogP contribution in [-0.4, -0.2) is 26.7 Å². The van der Waals surface area contributed by atoms with Crippen molar-refractivity contribution in [3.05, 3.63) is 48.3 Å². The van der Waals surface area contributed by atoms with Crippen LogP contribution in [0.3, 0.4) is 0 Å². The molecule has 2 aromatic carbocycles. The van der Waals surface area contributed by atoms with E-state index in [0.29, 0.717) is 23.7 Å². The largest absolute Gasteiger partial charge is 0.497 e. The fraction of sp³-hybridized carbons (Fsp3) is 0.235. The summed E-state index contributed by atoms with van der Waals surface area (Å²) in [5, 5.41) is 5.77. The molecular formula is C17H19FN2O3. The topological polar surface area (TPSA) is 59.6 Å². The molecular weight excluding hydrogens is 299 g/mol. The van der Waals surface area contributed by atoms with Crippen LogP contribution in [0, 0.1) is 5.82 Å². The molecule has 0 radical (unpaired) electrons. The number of anilines is 2. The lowest BCUT2D eigenvalue weighted by Gasteiger charge is -2.12. The molecule has 2 N–H and O–H groups in total. The van der Waals surface area contributed by atoms with Gasteiger partial charge in [0, 0.05) is 24.7 Å². The Morgan fingerprint density at radius 3 is 2.65 bits per heavy atom. The zero-order chi connectivity index (χ0) is 16.7. The lowest BCUT2D eigenvalue weighted by molar-refractivity contribution is -0.115. The van der Waals surface area contributed by atoms with Crippen molar-refractivity contribution in [2.24, 2.45) is 0 Å². The second kappa shape index (κ2) is 8.03. The average Bonchev–Trinajstić information content (AvgIpc) is 2.54. The van der Waals surface area contributed by atoms with Crippen molar-refractivity contribution < 1.29 is 18.7 Å². The minimum Gasteiger partial charge on any atom is -0.497 e. The lowest BCUT2D eigenvalue weighted by atomic mass is 10.2. The van der Waals surface area contributed by atoms with Crippen LogP contribution < -0.4 is 20.1 Å². The molecule has 23 heavy (non-hydrogen) atoms. The smallest absolute Gasteiger partial charge is 0.226 e. The summed E-state index contributed by atoms with van der Waals surface area (Å²) in [7, 11) is 3.15. The molecule has 0 aliphatic rings. The highest BCUT2D eigenvalue weighted by atomic mass is 19.1. The number of amides is 1. The van der Waals surface area contributed by atoms with Crippen molar-refractivity contribution in [3.63, 3.8) is 0 Å². The summed E-state index contributed by atoms with van der Waals surface area (Å²) < 4.78 is 23.5. The number of hydrogen-bond donors (Lipinski definition) is 2. The number of carbonyl (C=O) groups is 1. The predicted octanol–water partition coefficient (Wildman–Crippen LogP) is 3.28. The lowest BCUT2D eigenvalue weighted by Crippen LogP contribution is -2.16. The number of methoxy groups -OCH3 is 2. The van der Waals surface area contributed by atoms with E-state index in [2.05, 4.69) is 10.6 Å². The molecule has 0 spiro atoms. The zero-order valence-electron chi connectivity index (χ0n) is 13.1. The zero-order valence-corrected chi connectivity index (χ0v) is 13.1. The van der Waals surface area contributed by atoms with E-state index in [1.165, 1.54) is 12.1 Å². The standard InChI is InChI=1S/C17H19FN2O3/c1-22-14-6-7-16(23-2)15(11-14)19-9-8-17(21)20-13-5-3-4-12(18)10-13/h3-7,10-11,19H,8-9H2,1-2H3,(H,20,21). The molecule has 0 aliphatic carbocycles. The summed E-state index contributed by atoms with van der Waals surface area (Å²) in [5.74, 6) is 0.765. The number of ether oxygens (including phenoxy) is 2. The summed E-state index contributed by atoms with van der Waals surface area (Å²) >= 11 is 0. The maximum Gasteiger partial charge on any atom is 0.226 e.